The van der Waals surface area contributed by atoms with Crippen molar-refractivity contribution in [3.8, 4) is 5.69 Å². The van der Waals surface area contributed by atoms with Gasteiger partial charge in [-0.15, -0.1) is 0 Å². The molecule has 1 N–H and O–H groups in total. The molecule has 0 saturated heterocycles. The summed E-state index contributed by atoms with van der Waals surface area (Å²) in [5.41, 5.74) is -1.27. The number of hydrogen-bond acceptors (Lipinski definition) is 3. The van der Waals surface area contributed by atoms with Crippen molar-refractivity contribution in [1.82, 2.24) is 9.78 Å². The zero-order valence-corrected chi connectivity index (χ0v) is 15.2. The first-order valence-corrected chi connectivity index (χ1v) is 8.38. The third-order valence-corrected chi connectivity index (χ3v) is 4.06. The predicted octanol–water partition coefficient (Wildman–Crippen LogP) is 4.47. The quantitative estimate of drug-likeness (QED) is 0.697. The lowest BCUT2D eigenvalue weighted by molar-refractivity contribution is -0.137. The highest BCUT2D eigenvalue weighted by molar-refractivity contribution is 6.30. The molecule has 0 aliphatic heterocycles. The Bertz CT molecular complexity index is 1110. The van der Waals surface area contributed by atoms with E-state index >= 15 is 0 Å². The van der Waals surface area contributed by atoms with Crippen LogP contribution >= 0.6 is 11.6 Å². The fraction of sp³-hybridized carbons (Fsp3) is 0.105. The molecule has 0 atom stereocenters. The molecule has 0 bridgehead atoms. The number of halogens is 4. The van der Waals surface area contributed by atoms with Crippen molar-refractivity contribution in [2.24, 2.45) is 0 Å². The molecule has 9 heteroatoms. The molecule has 0 radical (unpaired) electrons. The molecule has 1 aromatic heterocycles. The molecule has 0 aliphatic rings. The molecule has 144 valence electrons. The number of rotatable bonds is 3. The van der Waals surface area contributed by atoms with Gasteiger partial charge in [-0.25, -0.2) is 4.68 Å². The molecule has 3 rings (SSSR count). The van der Waals surface area contributed by atoms with Crippen LogP contribution < -0.4 is 10.7 Å². The van der Waals surface area contributed by atoms with E-state index in [2.05, 4.69) is 10.4 Å². The van der Waals surface area contributed by atoms with Crippen LogP contribution in [0.1, 0.15) is 21.7 Å². The van der Waals surface area contributed by atoms with Gasteiger partial charge in [-0.1, -0.05) is 23.7 Å². The summed E-state index contributed by atoms with van der Waals surface area (Å²) in [5.74, 6) is -0.798. The average molecular weight is 408 g/mol. The molecule has 3 aromatic rings. The van der Waals surface area contributed by atoms with E-state index in [-0.39, 0.29) is 11.4 Å². The van der Waals surface area contributed by atoms with Crippen LogP contribution in [-0.2, 0) is 6.18 Å². The Hall–Kier alpha value is -3.13. The smallest absolute Gasteiger partial charge is 0.320 e. The molecule has 0 aliphatic carbocycles. The number of amides is 1. The minimum absolute atomic E-state index is 0.0733. The number of benzene rings is 2. The average Bonchev–Trinajstić information content (AvgIpc) is 2.61. The fourth-order valence-electron chi connectivity index (χ4n) is 2.54. The normalized spacial score (nSPS) is 11.3. The van der Waals surface area contributed by atoms with Gasteiger partial charge in [-0.05, 0) is 43.3 Å². The SMILES string of the molecule is Cc1cc(=O)c(C(=O)Nc2cccc(Cl)c2)nn1-c1cccc(C(F)(F)F)c1. The third kappa shape index (κ3) is 4.23. The molecule has 1 amide bonds. The minimum atomic E-state index is -4.53. The number of nitrogens with one attached hydrogen (secondary N) is 1. The van der Waals surface area contributed by atoms with Crippen molar-refractivity contribution in [2.45, 2.75) is 13.1 Å². The summed E-state index contributed by atoms with van der Waals surface area (Å²) in [7, 11) is 0. The summed E-state index contributed by atoms with van der Waals surface area (Å²) in [6.45, 7) is 1.51. The molecule has 5 nitrogen and oxygen atoms in total. The van der Waals surface area contributed by atoms with E-state index < -0.39 is 28.8 Å². The highest BCUT2D eigenvalue weighted by atomic mass is 35.5. The Labute approximate surface area is 162 Å². The van der Waals surface area contributed by atoms with Crippen LogP contribution in [0.5, 0.6) is 0 Å². The molecule has 2 aromatic carbocycles. The number of aromatic nitrogens is 2. The highest BCUT2D eigenvalue weighted by Gasteiger charge is 2.30. The Kier molecular flexibility index (Phi) is 5.24. The topological polar surface area (TPSA) is 64.0 Å². The van der Waals surface area contributed by atoms with E-state index in [0.29, 0.717) is 10.7 Å². The largest absolute Gasteiger partial charge is 0.416 e. The summed E-state index contributed by atoms with van der Waals surface area (Å²) >= 11 is 5.86. The first kappa shape index (κ1) is 19.6. The first-order valence-electron chi connectivity index (χ1n) is 8.01. The van der Waals surface area contributed by atoms with Crippen LogP contribution in [-0.4, -0.2) is 15.7 Å². The van der Waals surface area contributed by atoms with Crippen molar-refractivity contribution in [3.63, 3.8) is 0 Å². The van der Waals surface area contributed by atoms with Gasteiger partial charge in [0, 0.05) is 22.5 Å². The van der Waals surface area contributed by atoms with Gasteiger partial charge < -0.3 is 5.32 Å². The number of aryl methyl sites for hydroxylation is 1. The Balaban J connectivity index is 2.02. The molecule has 0 saturated carbocycles. The number of carbonyl (C=O) groups excluding carboxylic acids is 1. The molecule has 0 spiro atoms. The van der Waals surface area contributed by atoms with Crippen molar-refractivity contribution in [2.75, 3.05) is 5.32 Å². The van der Waals surface area contributed by atoms with Gasteiger partial charge in [0.05, 0.1) is 11.3 Å². The lowest BCUT2D eigenvalue weighted by Gasteiger charge is -2.13. The maximum atomic E-state index is 13.0. The van der Waals surface area contributed by atoms with Crippen LogP contribution in [0.3, 0.4) is 0 Å². The first-order chi connectivity index (χ1) is 13.1. The Morgan fingerprint density at radius 2 is 1.82 bits per heavy atom. The maximum absolute atomic E-state index is 13.0. The van der Waals surface area contributed by atoms with E-state index in [0.717, 1.165) is 22.9 Å². The van der Waals surface area contributed by atoms with Gasteiger partial charge in [0.25, 0.3) is 5.91 Å². The second kappa shape index (κ2) is 7.47. The zero-order chi connectivity index (χ0) is 20.5. The van der Waals surface area contributed by atoms with Crippen LogP contribution in [0.4, 0.5) is 18.9 Å². The number of anilines is 1. The van der Waals surface area contributed by atoms with Crippen LogP contribution in [0, 0.1) is 6.92 Å². The molecule has 0 fully saturated rings. The van der Waals surface area contributed by atoms with Gasteiger partial charge in [-0.2, -0.15) is 18.3 Å². The standard InChI is InChI=1S/C19H13ClF3N3O2/c1-11-8-16(27)17(18(28)24-14-6-3-5-13(20)10-14)25-26(11)15-7-2-4-12(9-15)19(21,22)23/h2-10H,1H3,(H,24,28). The van der Waals surface area contributed by atoms with Crippen molar-refractivity contribution < 1.29 is 18.0 Å². The lowest BCUT2D eigenvalue weighted by Crippen LogP contribution is -2.27. The summed E-state index contributed by atoms with van der Waals surface area (Å²) in [4.78, 5) is 24.7. The predicted molar refractivity (Wildman–Crippen MR) is 99.0 cm³/mol. The Morgan fingerprint density at radius 1 is 1.11 bits per heavy atom. The van der Waals surface area contributed by atoms with Gasteiger partial charge in [0.15, 0.2) is 5.69 Å². The third-order valence-electron chi connectivity index (χ3n) is 3.82. The zero-order valence-electron chi connectivity index (χ0n) is 14.4. The van der Waals surface area contributed by atoms with Gasteiger partial charge in [-0.3, -0.25) is 9.59 Å². The van der Waals surface area contributed by atoms with E-state index in [1.54, 1.807) is 18.2 Å². The van der Waals surface area contributed by atoms with Crippen molar-refractivity contribution in [3.05, 3.63) is 86.8 Å². The number of nitrogens with zero attached hydrogens (tertiary/aromatic N) is 2. The second-order valence-corrected chi connectivity index (χ2v) is 6.36. The van der Waals surface area contributed by atoms with Crippen LogP contribution in [0.15, 0.2) is 59.4 Å². The minimum Gasteiger partial charge on any atom is -0.320 e. The Morgan fingerprint density at radius 3 is 2.50 bits per heavy atom. The second-order valence-electron chi connectivity index (χ2n) is 5.92. The van der Waals surface area contributed by atoms with Crippen LogP contribution in [0.25, 0.3) is 5.69 Å². The molecular weight excluding hydrogens is 395 g/mol. The van der Waals surface area contributed by atoms with E-state index in [9.17, 15) is 22.8 Å². The molecular formula is C19H13ClF3N3O2. The monoisotopic (exact) mass is 407 g/mol. The summed E-state index contributed by atoms with van der Waals surface area (Å²) in [5, 5.41) is 6.86. The molecule has 28 heavy (non-hydrogen) atoms. The van der Waals surface area contributed by atoms with Gasteiger partial charge in [0.1, 0.15) is 0 Å². The van der Waals surface area contributed by atoms with E-state index in [1.807, 2.05) is 0 Å². The fourth-order valence-corrected chi connectivity index (χ4v) is 2.73. The van der Waals surface area contributed by atoms with Crippen molar-refractivity contribution >= 4 is 23.2 Å². The maximum Gasteiger partial charge on any atom is 0.416 e. The van der Waals surface area contributed by atoms with Gasteiger partial charge >= 0.3 is 6.18 Å². The van der Waals surface area contributed by atoms with Gasteiger partial charge in [0.2, 0.25) is 5.43 Å². The number of hydrogen-bond donors (Lipinski definition) is 1. The van der Waals surface area contributed by atoms with E-state index in [4.69, 9.17) is 11.6 Å². The molecule has 1 heterocycles. The number of alkyl halides is 3. The summed E-state index contributed by atoms with van der Waals surface area (Å²) in [6.07, 6.45) is -4.53. The lowest BCUT2D eigenvalue weighted by atomic mass is 10.2. The van der Waals surface area contributed by atoms with E-state index in [1.165, 1.54) is 25.1 Å². The highest BCUT2D eigenvalue weighted by Crippen LogP contribution is 2.30. The molecule has 0 unspecified atom stereocenters. The number of carbonyl (C=O) groups is 1. The summed E-state index contributed by atoms with van der Waals surface area (Å²) in [6, 6.07) is 11.9. The van der Waals surface area contributed by atoms with Crippen LogP contribution in [0.2, 0.25) is 5.02 Å². The van der Waals surface area contributed by atoms with Crippen molar-refractivity contribution in [1.29, 1.82) is 0 Å². The summed E-state index contributed by atoms with van der Waals surface area (Å²) < 4.78 is 40.0.